The van der Waals surface area contributed by atoms with Crippen LogP contribution in [-0.2, 0) is 28.9 Å². The van der Waals surface area contributed by atoms with Gasteiger partial charge in [0.2, 0.25) is 5.91 Å². The molecule has 248 valence electrons. The van der Waals surface area contributed by atoms with Gasteiger partial charge in [-0.05, 0) is 92.2 Å². The van der Waals surface area contributed by atoms with E-state index in [2.05, 4.69) is 28.4 Å². The minimum atomic E-state index is -1.12. The number of nitrogens with zero attached hydrogens (tertiary/aromatic N) is 5. The normalized spacial score (nSPS) is 18.2. The highest BCUT2D eigenvalue weighted by molar-refractivity contribution is 7.11. The van der Waals surface area contributed by atoms with Gasteiger partial charge in [0.15, 0.2) is 5.52 Å². The molecule has 1 fully saturated rings. The molecule has 1 aliphatic carbocycles. The fourth-order valence-electron chi connectivity index (χ4n) is 6.59. The number of aromatic nitrogens is 3. The summed E-state index contributed by atoms with van der Waals surface area (Å²) in [6, 6.07) is 16.2. The first-order valence-corrected chi connectivity index (χ1v) is 17.1. The molecule has 11 heteroatoms. The van der Waals surface area contributed by atoms with Gasteiger partial charge in [0.1, 0.15) is 11.1 Å². The lowest BCUT2D eigenvalue weighted by Gasteiger charge is -2.38. The molecule has 1 saturated heterocycles. The lowest BCUT2D eigenvalue weighted by molar-refractivity contribution is -0.136. The molecule has 6 rings (SSSR count). The zero-order chi connectivity index (χ0) is 33.5. The number of likely N-dealkylation sites (tertiary alicyclic amines) is 1. The molecule has 2 aliphatic rings. The molecule has 0 spiro atoms. The van der Waals surface area contributed by atoms with Crippen LogP contribution >= 0.6 is 11.5 Å². The van der Waals surface area contributed by atoms with Crippen molar-refractivity contribution >= 4 is 34.6 Å². The molecule has 0 radical (unpaired) electrons. The molecule has 4 aromatic rings. The maximum atomic E-state index is 13.5. The minimum Gasteiger partial charge on any atom is -0.444 e. The number of hydrogen-bond donors (Lipinski definition) is 1. The molecule has 0 bridgehead atoms. The van der Waals surface area contributed by atoms with Gasteiger partial charge in [-0.25, -0.2) is 9.78 Å². The highest BCUT2D eigenvalue weighted by atomic mass is 32.1. The molecule has 2 amide bonds. The van der Waals surface area contributed by atoms with Gasteiger partial charge in [-0.2, -0.15) is 4.37 Å². The monoisotopic (exact) mass is 657 g/mol. The van der Waals surface area contributed by atoms with Crippen molar-refractivity contribution in [3.63, 3.8) is 0 Å². The Balaban J connectivity index is 1.11. The van der Waals surface area contributed by atoms with Crippen LogP contribution in [-0.4, -0.2) is 78.2 Å². The van der Waals surface area contributed by atoms with Gasteiger partial charge in [0, 0.05) is 32.6 Å². The molecule has 1 N–H and O–H groups in total. The van der Waals surface area contributed by atoms with Gasteiger partial charge in [-0.15, -0.1) is 0 Å². The predicted octanol–water partition coefficient (Wildman–Crippen LogP) is 5.40. The summed E-state index contributed by atoms with van der Waals surface area (Å²) in [5.41, 5.74) is 3.25. The predicted molar refractivity (Wildman–Crippen MR) is 183 cm³/mol. The van der Waals surface area contributed by atoms with Gasteiger partial charge in [0.25, 0.3) is 5.56 Å². The maximum absolute atomic E-state index is 13.5. The number of piperidine rings is 1. The van der Waals surface area contributed by atoms with Crippen molar-refractivity contribution in [2.24, 2.45) is 0 Å². The summed E-state index contributed by atoms with van der Waals surface area (Å²) in [4.78, 5) is 48.1. The number of rotatable bonds is 7. The van der Waals surface area contributed by atoms with Crippen LogP contribution in [0.5, 0.6) is 0 Å². The number of hydrogen-bond acceptors (Lipinski definition) is 8. The summed E-state index contributed by atoms with van der Waals surface area (Å²) >= 11 is 1.24. The quantitative estimate of drug-likeness (QED) is 0.283. The Bertz CT molecular complexity index is 1840. The van der Waals surface area contributed by atoms with Crippen molar-refractivity contribution < 1.29 is 19.4 Å². The van der Waals surface area contributed by atoms with Crippen molar-refractivity contribution in [1.29, 1.82) is 0 Å². The molecule has 10 nitrogen and oxygen atoms in total. The van der Waals surface area contributed by atoms with Gasteiger partial charge < -0.3 is 19.6 Å². The number of aliphatic hydroxyl groups is 1. The first-order valence-electron chi connectivity index (χ1n) is 16.3. The molecule has 2 aromatic carbocycles. The second-order valence-corrected chi connectivity index (χ2v) is 14.9. The first-order chi connectivity index (χ1) is 22.3. The molecule has 1 aliphatic heterocycles. The van der Waals surface area contributed by atoms with E-state index in [0.717, 1.165) is 28.0 Å². The number of likely N-dealkylation sites (N-methyl/N-ethyl adjacent to an activating group) is 1. The fourth-order valence-corrected chi connectivity index (χ4v) is 7.41. The van der Waals surface area contributed by atoms with E-state index in [1.807, 2.05) is 62.1 Å². The highest BCUT2D eigenvalue weighted by Crippen LogP contribution is 2.35. The Hall–Kier alpha value is -4.09. The number of ether oxygens (including phenoxy) is 1. The number of carbonyl (C=O) groups excluding carboxylic acids is 2. The lowest BCUT2D eigenvalue weighted by Crippen LogP contribution is -2.49. The Morgan fingerprint density at radius 3 is 2.49 bits per heavy atom. The van der Waals surface area contributed by atoms with Crippen molar-refractivity contribution in [2.75, 3.05) is 20.1 Å². The summed E-state index contributed by atoms with van der Waals surface area (Å²) in [7, 11) is 1.78. The molecule has 3 heterocycles. The Morgan fingerprint density at radius 1 is 1.09 bits per heavy atom. The summed E-state index contributed by atoms with van der Waals surface area (Å²) < 4.78 is 11.5. The van der Waals surface area contributed by atoms with E-state index in [-0.39, 0.29) is 41.6 Å². The molecule has 1 unspecified atom stereocenters. The van der Waals surface area contributed by atoms with E-state index < -0.39 is 11.2 Å². The molecular formula is C36H43N5O5S. The standard InChI is InChI=1S/C36H43N5O5S/c1-23(24-9-7-6-8-10-24)17-29(42)40-15-13-36(45,14-16-40)21-41-22-37-30-31(33(41)43)38-47-32(30)26-12-11-25-19-28(20-27(25)18-26)39(5)34(44)46-35(2,3)4/h6-12,18,22-23,28,45H,13-17,19-21H2,1-5H3/t23-,28?/m1/s1. The van der Waals surface area contributed by atoms with Crippen LogP contribution in [0.1, 0.15) is 69.6 Å². The van der Waals surface area contributed by atoms with E-state index in [1.165, 1.54) is 28.0 Å². The highest BCUT2D eigenvalue weighted by Gasteiger charge is 2.35. The van der Waals surface area contributed by atoms with Gasteiger partial charge in [-0.1, -0.05) is 49.4 Å². The smallest absolute Gasteiger partial charge is 0.410 e. The van der Waals surface area contributed by atoms with Crippen LogP contribution in [0.3, 0.4) is 0 Å². The van der Waals surface area contributed by atoms with E-state index in [0.29, 0.717) is 44.3 Å². The van der Waals surface area contributed by atoms with Gasteiger partial charge in [0.05, 0.1) is 23.4 Å². The largest absolute Gasteiger partial charge is 0.444 e. The van der Waals surface area contributed by atoms with E-state index in [4.69, 9.17) is 4.74 Å². The van der Waals surface area contributed by atoms with Crippen LogP contribution in [0.15, 0.2) is 59.7 Å². The van der Waals surface area contributed by atoms with Crippen LogP contribution in [0, 0.1) is 0 Å². The molecule has 47 heavy (non-hydrogen) atoms. The summed E-state index contributed by atoms with van der Waals surface area (Å²) in [6.45, 7) is 8.61. The summed E-state index contributed by atoms with van der Waals surface area (Å²) in [5, 5.41) is 11.4. The van der Waals surface area contributed by atoms with Crippen LogP contribution in [0.25, 0.3) is 21.5 Å². The van der Waals surface area contributed by atoms with Crippen molar-refractivity contribution in [3.8, 4) is 10.4 Å². The lowest BCUT2D eigenvalue weighted by atomic mass is 9.90. The minimum absolute atomic E-state index is 0.00673. The summed E-state index contributed by atoms with van der Waals surface area (Å²) in [5.74, 6) is 0.194. The number of fused-ring (bicyclic) bond motifs is 2. The fraction of sp³-hybridized carbons (Fsp3) is 0.472. The SMILES string of the molecule is C[C@H](CC(=O)N1CCC(O)(Cn2cnc3c(-c4ccc5c(c4)CC(N(C)C(=O)OC(C)(C)C)C5)snc3c2=O)CC1)c1ccccc1. The number of benzene rings is 2. The van der Waals surface area contributed by atoms with E-state index in [1.54, 1.807) is 11.9 Å². The Morgan fingerprint density at radius 2 is 1.79 bits per heavy atom. The average molecular weight is 658 g/mol. The second-order valence-electron chi connectivity index (χ2n) is 14.1. The van der Waals surface area contributed by atoms with Crippen molar-refractivity contribution in [1.82, 2.24) is 23.7 Å². The third kappa shape index (κ3) is 7.11. The van der Waals surface area contributed by atoms with E-state index in [9.17, 15) is 19.5 Å². The van der Waals surface area contributed by atoms with Crippen LogP contribution < -0.4 is 5.56 Å². The van der Waals surface area contributed by atoms with Crippen molar-refractivity contribution in [3.05, 3.63) is 81.9 Å². The number of amides is 2. The van der Waals surface area contributed by atoms with Crippen molar-refractivity contribution in [2.45, 2.75) is 89.5 Å². The summed E-state index contributed by atoms with van der Waals surface area (Å²) in [6.07, 6.45) is 3.81. The molecular weight excluding hydrogens is 614 g/mol. The second kappa shape index (κ2) is 12.8. The third-order valence-electron chi connectivity index (χ3n) is 9.43. The number of carbonyl (C=O) groups is 2. The zero-order valence-electron chi connectivity index (χ0n) is 27.7. The Labute approximate surface area is 279 Å². The first kappa shape index (κ1) is 32.8. The van der Waals surface area contributed by atoms with Crippen LogP contribution in [0.4, 0.5) is 4.79 Å². The Kier molecular flexibility index (Phi) is 8.97. The third-order valence-corrected chi connectivity index (χ3v) is 10.3. The van der Waals surface area contributed by atoms with Gasteiger partial charge >= 0.3 is 6.09 Å². The van der Waals surface area contributed by atoms with Gasteiger partial charge in [-0.3, -0.25) is 14.2 Å². The molecule has 2 aromatic heterocycles. The maximum Gasteiger partial charge on any atom is 0.410 e. The topological polar surface area (TPSA) is 118 Å². The van der Waals surface area contributed by atoms with Crippen LogP contribution in [0.2, 0.25) is 0 Å². The zero-order valence-corrected chi connectivity index (χ0v) is 28.5. The molecule has 0 saturated carbocycles. The average Bonchev–Trinajstić information content (AvgIpc) is 3.66. The molecule has 2 atom stereocenters. The van der Waals surface area contributed by atoms with E-state index >= 15 is 0 Å².